The standard InChI is InChI=1S/C10H11FN2O/c11-8-1-3-9(4-2-8)14-7-10-12-5-6-13-10/h1-4H,5-7H2,(H,12,13). The fraction of sp³-hybridized carbons (Fsp3) is 0.300. The Morgan fingerprint density at radius 3 is 2.79 bits per heavy atom. The van der Waals surface area contributed by atoms with Crippen molar-refractivity contribution in [2.45, 2.75) is 0 Å². The largest absolute Gasteiger partial charge is 0.486 e. The Kier molecular flexibility index (Phi) is 2.62. The van der Waals surface area contributed by atoms with Gasteiger partial charge >= 0.3 is 0 Å². The van der Waals surface area contributed by atoms with Crippen LogP contribution in [-0.4, -0.2) is 25.5 Å². The summed E-state index contributed by atoms with van der Waals surface area (Å²) < 4.78 is 17.9. The Morgan fingerprint density at radius 2 is 2.14 bits per heavy atom. The number of halogens is 1. The number of hydrogen-bond donors (Lipinski definition) is 1. The molecule has 0 fully saturated rings. The lowest BCUT2D eigenvalue weighted by molar-refractivity contribution is 0.373. The molecule has 0 aromatic heterocycles. The highest BCUT2D eigenvalue weighted by Crippen LogP contribution is 2.10. The zero-order valence-corrected chi connectivity index (χ0v) is 7.66. The molecule has 0 unspecified atom stereocenters. The summed E-state index contributed by atoms with van der Waals surface area (Å²) in [6.07, 6.45) is 0. The lowest BCUT2D eigenvalue weighted by Gasteiger charge is -2.05. The van der Waals surface area contributed by atoms with Crippen molar-refractivity contribution in [3.8, 4) is 5.75 Å². The third-order valence-corrected chi connectivity index (χ3v) is 1.93. The molecule has 0 amide bonds. The summed E-state index contributed by atoms with van der Waals surface area (Å²) in [4.78, 5) is 4.17. The van der Waals surface area contributed by atoms with Crippen LogP contribution in [0.2, 0.25) is 0 Å². The Labute approximate surface area is 81.6 Å². The van der Waals surface area contributed by atoms with Gasteiger partial charge in [-0.2, -0.15) is 0 Å². The number of rotatable bonds is 3. The molecule has 0 aliphatic carbocycles. The number of benzene rings is 1. The van der Waals surface area contributed by atoms with Crippen LogP contribution in [-0.2, 0) is 0 Å². The number of aliphatic imine (C=N–C) groups is 1. The van der Waals surface area contributed by atoms with Gasteiger partial charge in [-0.25, -0.2) is 4.39 Å². The van der Waals surface area contributed by atoms with Crippen LogP contribution in [0.25, 0.3) is 0 Å². The monoisotopic (exact) mass is 194 g/mol. The molecule has 0 saturated heterocycles. The van der Waals surface area contributed by atoms with Crippen molar-refractivity contribution in [2.75, 3.05) is 19.7 Å². The predicted molar refractivity (Wildman–Crippen MR) is 52.2 cm³/mol. The molecule has 1 heterocycles. The van der Waals surface area contributed by atoms with Crippen LogP contribution in [0.4, 0.5) is 4.39 Å². The minimum Gasteiger partial charge on any atom is -0.486 e. The van der Waals surface area contributed by atoms with Gasteiger partial charge < -0.3 is 10.1 Å². The van der Waals surface area contributed by atoms with Gasteiger partial charge in [0.25, 0.3) is 0 Å². The number of hydrogen-bond acceptors (Lipinski definition) is 3. The first-order valence-electron chi connectivity index (χ1n) is 4.50. The van der Waals surface area contributed by atoms with E-state index in [0.29, 0.717) is 12.4 Å². The fourth-order valence-corrected chi connectivity index (χ4v) is 1.23. The summed E-state index contributed by atoms with van der Waals surface area (Å²) in [7, 11) is 0. The Hall–Kier alpha value is -1.58. The van der Waals surface area contributed by atoms with Gasteiger partial charge in [-0.15, -0.1) is 0 Å². The summed E-state index contributed by atoms with van der Waals surface area (Å²) in [5, 5.41) is 3.09. The molecule has 1 aliphatic heterocycles. The maximum atomic E-state index is 12.5. The van der Waals surface area contributed by atoms with Gasteiger partial charge in [0.2, 0.25) is 0 Å². The molecule has 0 radical (unpaired) electrons. The highest BCUT2D eigenvalue weighted by molar-refractivity contribution is 5.84. The summed E-state index contributed by atoms with van der Waals surface area (Å²) in [5.41, 5.74) is 0. The number of nitrogens with zero attached hydrogens (tertiary/aromatic N) is 1. The molecule has 14 heavy (non-hydrogen) atoms. The maximum Gasteiger partial charge on any atom is 0.145 e. The van der Waals surface area contributed by atoms with Crippen LogP contribution in [0.5, 0.6) is 5.75 Å². The smallest absolute Gasteiger partial charge is 0.145 e. The fourth-order valence-electron chi connectivity index (χ4n) is 1.23. The molecule has 1 N–H and O–H groups in total. The lowest BCUT2D eigenvalue weighted by Crippen LogP contribution is -2.24. The van der Waals surface area contributed by atoms with Crippen molar-refractivity contribution in [1.29, 1.82) is 0 Å². The summed E-state index contributed by atoms with van der Waals surface area (Å²) in [5.74, 6) is 1.26. The average molecular weight is 194 g/mol. The molecule has 4 heteroatoms. The van der Waals surface area contributed by atoms with Crippen LogP contribution < -0.4 is 10.1 Å². The van der Waals surface area contributed by atoms with Gasteiger partial charge in [0, 0.05) is 6.54 Å². The molecule has 0 atom stereocenters. The van der Waals surface area contributed by atoms with Gasteiger partial charge in [-0.1, -0.05) is 0 Å². The number of ether oxygens (including phenoxy) is 1. The molecule has 0 bridgehead atoms. The maximum absolute atomic E-state index is 12.5. The zero-order valence-electron chi connectivity index (χ0n) is 7.66. The van der Waals surface area contributed by atoms with Crippen molar-refractivity contribution < 1.29 is 9.13 Å². The molecule has 74 valence electrons. The third-order valence-electron chi connectivity index (χ3n) is 1.93. The van der Waals surface area contributed by atoms with Gasteiger partial charge in [0.15, 0.2) is 0 Å². The third kappa shape index (κ3) is 2.22. The van der Waals surface area contributed by atoms with Gasteiger partial charge in [-0.05, 0) is 24.3 Å². The van der Waals surface area contributed by atoms with Crippen LogP contribution in [0.3, 0.4) is 0 Å². The minimum absolute atomic E-state index is 0.256. The Bertz CT molecular complexity index is 334. The molecule has 3 nitrogen and oxygen atoms in total. The first-order valence-corrected chi connectivity index (χ1v) is 4.50. The summed E-state index contributed by atoms with van der Waals surface area (Å²) in [6.45, 7) is 2.11. The highest BCUT2D eigenvalue weighted by Gasteiger charge is 2.04. The molecule has 1 aromatic rings. The van der Waals surface area contributed by atoms with E-state index in [1.807, 2.05) is 0 Å². The molecule has 2 rings (SSSR count). The Balaban J connectivity index is 1.88. The van der Waals surface area contributed by atoms with Gasteiger partial charge in [0.05, 0.1) is 6.54 Å². The second-order valence-corrected chi connectivity index (χ2v) is 3.00. The van der Waals surface area contributed by atoms with E-state index in [1.54, 1.807) is 12.1 Å². The van der Waals surface area contributed by atoms with Crippen molar-refractivity contribution >= 4 is 5.84 Å². The minimum atomic E-state index is -0.256. The van der Waals surface area contributed by atoms with E-state index in [1.165, 1.54) is 12.1 Å². The van der Waals surface area contributed by atoms with Crippen LogP contribution in [0.1, 0.15) is 0 Å². The van der Waals surface area contributed by atoms with Crippen LogP contribution in [0.15, 0.2) is 29.3 Å². The van der Waals surface area contributed by atoms with Crippen LogP contribution in [0, 0.1) is 5.82 Å². The van der Waals surface area contributed by atoms with Crippen molar-refractivity contribution in [2.24, 2.45) is 4.99 Å². The normalized spacial score (nSPS) is 14.8. The zero-order chi connectivity index (χ0) is 9.80. The summed E-state index contributed by atoms with van der Waals surface area (Å²) >= 11 is 0. The number of amidine groups is 1. The SMILES string of the molecule is Fc1ccc(OCC2=NCCN2)cc1. The van der Waals surface area contributed by atoms with Crippen molar-refractivity contribution in [1.82, 2.24) is 5.32 Å². The molecule has 0 spiro atoms. The van der Waals surface area contributed by atoms with E-state index in [4.69, 9.17) is 4.74 Å². The van der Waals surface area contributed by atoms with E-state index in [9.17, 15) is 4.39 Å². The Morgan fingerprint density at radius 1 is 1.36 bits per heavy atom. The average Bonchev–Trinajstić information content (AvgIpc) is 2.70. The topological polar surface area (TPSA) is 33.6 Å². The highest BCUT2D eigenvalue weighted by atomic mass is 19.1. The molecular weight excluding hydrogens is 183 g/mol. The molecule has 1 aromatic carbocycles. The van der Waals surface area contributed by atoms with Crippen molar-refractivity contribution in [3.63, 3.8) is 0 Å². The predicted octanol–water partition coefficient (Wildman–Crippen LogP) is 1.21. The van der Waals surface area contributed by atoms with Gasteiger partial charge in [-0.3, -0.25) is 4.99 Å². The second-order valence-electron chi connectivity index (χ2n) is 3.00. The second kappa shape index (κ2) is 4.09. The lowest BCUT2D eigenvalue weighted by atomic mass is 10.3. The van der Waals surface area contributed by atoms with E-state index < -0.39 is 0 Å². The molecule has 0 saturated carbocycles. The first kappa shape index (κ1) is 8.99. The van der Waals surface area contributed by atoms with E-state index in [2.05, 4.69) is 10.3 Å². The van der Waals surface area contributed by atoms with E-state index in [0.717, 1.165) is 18.9 Å². The summed E-state index contributed by atoms with van der Waals surface area (Å²) in [6, 6.07) is 5.95. The van der Waals surface area contributed by atoms with E-state index >= 15 is 0 Å². The molecular formula is C10H11FN2O. The van der Waals surface area contributed by atoms with Crippen molar-refractivity contribution in [3.05, 3.63) is 30.1 Å². The van der Waals surface area contributed by atoms with Gasteiger partial charge in [0.1, 0.15) is 24.0 Å². The quantitative estimate of drug-likeness (QED) is 0.784. The van der Waals surface area contributed by atoms with Crippen LogP contribution >= 0.6 is 0 Å². The first-order chi connectivity index (χ1) is 6.84. The number of nitrogens with one attached hydrogen (secondary N) is 1. The molecule has 1 aliphatic rings. The van der Waals surface area contributed by atoms with E-state index in [-0.39, 0.29) is 5.82 Å².